The van der Waals surface area contributed by atoms with Crippen molar-refractivity contribution in [1.82, 2.24) is 0 Å². The van der Waals surface area contributed by atoms with Gasteiger partial charge >= 0.3 is 17.9 Å². The molecular formula is C56H108O6. The van der Waals surface area contributed by atoms with Gasteiger partial charge in [0.2, 0.25) is 0 Å². The summed E-state index contributed by atoms with van der Waals surface area (Å²) in [6.45, 7) is 13.7. The number of ether oxygens (including phenoxy) is 3. The van der Waals surface area contributed by atoms with Crippen molar-refractivity contribution in [2.75, 3.05) is 13.2 Å². The highest BCUT2D eigenvalue weighted by Crippen LogP contribution is 2.18. The van der Waals surface area contributed by atoms with Gasteiger partial charge in [-0.25, -0.2) is 0 Å². The van der Waals surface area contributed by atoms with E-state index >= 15 is 0 Å². The summed E-state index contributed by atoms with van der Waals surface area (Å²) in [6.07, 6.45) is 48.0. The minimum atomic E-state index is -0.763. The molecule has 0 aliphatic rings. The van der Waals surface area contributed by atoms with Crippen LogP contribution in [0.3, 0.4) is 0 Å². The van der Waals surface area contributed by atoms with Crippen molar-refractivity contribution in [2.45, 2.75) is 311 Å². The lowest BCUT2D eigenvalue weighted by Crippen LogP contribution is -2.30. The number of hydrogen-bond donors (Lipinski definition) is 0. The van der Waals surface area contributed by atoms with Gasteiger partial charge in [0.15, 0.2) is 6.10 Å². The topological polar surface area (TPSA) is 78.9 Å². The quantitative estimate of drug-likeness (QED) is 0.0344. The van der Waals surface area contributed by atoms with E-state index < -0.39 is 6.10 Å². The van der Waals surface area contributed by atoms with Gasteiger partial charge in [0, 0.05) is 19.3 Å². The zero-order valence-corrected chi connectivity index (χ0v) is 42.7. The van der Waals surface area contributed by atoms with Gasteiger partial charge in [-0.2, -0.15) is 0 Å². The van der Waals surface area contributed by atoms with E-state index in [1.165, 1.54) is 186 Å². The second-order valence-corrected chi connectivity index (χ2v) is 20.6. The van der Waals surface area contributed by atoms with Gasteiger partial charge in [0.05, 0.1) is 0 Å². The molecule has 6 nitrogen and oxygen atoms in total. The maximum atomic E-state index is 12.8. The Labute approximate surface area is 387 Å². The fourth-order valence-corrected chi connectivity index (χ4v) is 8.47. The van der Waals surface area contributed by atoms with Crippen LogP contribution in [0.2, 0.25) is 0 Å². The largest absolute Gasteiger partial charge is 0.462 e. The van der Waals surface area contributed by atoms with Gasteiger partial charge in [-0.05, 0) is 37.0 Å². The maximum absolute atomic E-state index is 12.8. The molecule has 0 aromatic rings. The number of unbranched alkanes of at least 4 members (excludes halogenated alkanes) is 32. The van der Waals surface area contributed by atoms with Crippen LogP contribution in [0.15, 0.2) is 0 Å². The highest BCUT2D eigenvalue weighted by atomic mass is 16.6. The molecule has 62 heavy (non-hydrogen) atoms. The van der Waals surface area contributed by atoms with E-state index in [0.717, 1.165) is 75.5 Å². The van der Waals surface area contributed by atoms with Crippen molar-refractivity contribution < 1.29 is 28.6 Å². The summed E-state index contributed by atoms with van der Waals surface area (Å²) in [5.41, 5.74) is 0. The normalized spacial score (nSPS) is 12.1. The van der Waals surface area contributed by atoms with E-state index in [-0.39, 0.29) is 31.1 Å². The SMILES string of the molecule is CC(C)CCCCCCCCCCCCCCCCC(=O)O[C@H](COC(=O)CCCCCCCCCCCCCC(C)C)COC(=O)CCCCCCCCCCCCC(C)C. The monoisotopic (exact) mass is 877 g/mol. The Bertz CT molecular complexity index is 960. The molecule has 0 aliphatic carbocycles. The fourth-order valence-electron chi connectivity index (χ4n) is 8.47. The summed E-state index contributed by atoms with van der Waals surface area (Å²) < 4.78 is 16.9. The predicted molar refractivity (Wildman–Crippen MR) is 266 cm³/mol. The maximum Gasteiger partial charge on any atom is 0.306 e. The molecule has 368 valence electrons. The van der Waals surface area contributed by atoms with Crippen LogP contribution in [-0.2, 0) is 28.6 Å². The standard InChI is InChI=1S/C56H108O6/c1-50(2)42-36-30-24-18-12-9-7-8-10-14-23-29-35-41-47-56(59)62-53(49-61-55(58)46-40-34-28-22-17-16-20-26-32-38-44-52(5)6)48-60-54(57)45-39-33-27-21-15-11-13-19-25-31-37-43-51(3)4/h50-53H,7-49H2,1-6H3/t53-/m1/s1. The molecule has 0 heterocycles. The third kappa shape index (κ3) is 49.4. The molecule has 0 saturated heterocycles. The molecule has 0 fully saturated rings. The summed E-state index contributed by atoms with van der Waals surface area (Å²) in [4.78, 5) is 38.1. The third-order valence-electron chi connectivity index (χ3n) is 12.6. The first-order valence-electron chi connectivity index (χ1n) is 27.6. The first-order chi connectivity index (χ1) is 30.1. The Balaban J connectivity index is 4.31. The smallest absolute Gasteiger partial charge is 0.306 e. The van der Waals surface area contributed by atoms with Gasteiger partial charge in [-0.3, -0.25) is 14.4 Å². The molecule has 6 heteroatoms. The predicted octanol–water partition coefficient (Wildman–Crippen LogP) is 17.9. The summed E-state index contributed by atoms with van der Waals surface area (Å²) in [7, 11) is 0. The lowest BCUT2D eigenvalue weighted by atomic mass is 10.0. The Morgan fingerprint density at radius 2 is 0.468 bits per heavy atom. The van der Waals surface area contributed by atoms with Crippen LogP contribution in [0.25, 0.3) is 0 Å². The van der Waals surface area contributed by atoms with Gasteiger partial charge in [-0.15, -0.1) is 0 Å². The number of hydrogen-bond acceptors (Lipinski definition) is 6. The van der Waals surface area contributed by atoms with Crippen LogP contribution in [0, 0.1) is 17.8 Å². The second-order valence-electron chi connectivity index (χ2n) is 20.6. The van der Waals surface area contributed by atoms with Crippen molar-refractivity contribution in [3.63, 3.8) is 0 Å². The van der Waals surface area contributed by atoms with Gasteiger partial charge in [0.25, 0.3) is 0 Å². The molecule has 0 amide bonds. The summed E-state index contributed by atoms with van der Waals surface area (Å²) >= 11 is 0. The van der Waals surface area contributed by atoms with E-state index in [4.69, 9.17) is 14.2 Å². The minimum Gasteiger partial charge on any atom is -0.462 e. The van der Waals surface area contributed by atoms with E-state index in [2.05, 4.69) is 41.5 Å². The Hall–Kier alpha value is -1.59. The number of carbonyl (C=O) groups is 3. The van der Waals surface area contributed by atoms with E-state index in [9.17, 15) is 14.4 Å². The van der Waals surface area contributed by atoms with Crippen LogP contribution in [0.5, 0.6) is 0 Å². The molecule has 0 aliphatic heterocycles. The molecule has 0 bridgehead atoms. The summed E-state index contributed by atoms with van der Waals surface area (Å²) in [5, 5.41) is 0. The average Bonchev–Trinajstić information content (AvgIpc) is 3.23. The molecule has 0 saturated carbocycles. The molecule has 0 rings (SSSR count). The van der Waals surface area contributed by atoms with Crippen molar-refractivity contribution >= 4 is 17.9 Å². The van der Waals surface area contributed by atoms with E-state index in [1.807, 2.05) is 0 Å². The molecule has 0 spiro atoms. The Kier molecular flexibility index (Phi) is 46.2. The summed E-state index contributed by atoms with van der Waals surface area (Å²) in [5.74, 6) is 1.64. The Morgan fingerprint density at radius 1 is 0.274 bits per heavy atom. The zero-order valence-electron chi connectivity index (χ0n) is 42.7. The van der Waals surface area contributed by atoms with Crippen molar-refractivity contribution in [1.29, 1.82) is 0 Å². The molecule has 1 atom stereocenters. The minimum absolute atomic E-state index is 0.0641. The van der Waals surface area contributed by atoms with Crippen molar-refractivity contribution in [3.05, 3.63) is 0 Å². The van der Waals surface area contributed by atoms with E-state index in [0.29, 0.717) is 19.3 Å². The van der Waals surface area contributed by atoms with Gasteiger partial charge in [0.1, 0.15) is 13.2 Å². The van der Waals surface area contributed by atoms with Gasteiger partial charge < -0.3 is 14.2 Å². The summed E-state index contributed by atoms with van der Waals surface area (Å²) in [6, 6.07) is 0. The highest BCUT2D eigenvalue weighted by Gasteiger charge is 2.19. The fraction of sp³-hybridized carbons (Fsp3) is 0.946. The molecule has 0 radical (unpaired) electrons. The second kappa shape index (κ2) is 47.4. The number of carbonyl (C=O) groups excluding carboxylic acids is 3. The van der Waals surface area contributed by atoms with Crippen LogP contribution >= 0.6 is 0 Å². The lowest BCUT2D eigenvalue weighted by molar-refractivity contribution is -0.167. The lowest BCUT2D eigenvalue weighted by Gasteiger charge is -2.18. The average molecular weight is 877 g/mol. The molecule has 0 N–H and O–H groups in total. The van der Waals surface area contributed by atoms with E-state index in [1.54, 1.807) is 0 Å². The molecule has 0 aromatic carbocycles. The van der Waals surface area contributed by atoms with Crippen LogP contribution in [0.4, 0.5) is 0 Å². The molecular weight excluding hydrogens is 769 g/mol. The van der Waals surface area contributed by atoms with Crippen LogP contribution < -0.4 is 0 Å². The van der Waals surface area contributed by atoms with Crippen molar-refractivity contribution in [2.24, 2.45) is 17.8 Å². The van der Waals surface area contributed by atoms with Crippen molar-refractivity contribution in [3.8, 4) is 0 Å². The zero-order chi connectivity index (χ0) is 45.6. The number of esters is 3. The van der Waals surface area contributed by atoms with Crippen LogP contribution in [0.1, 0.15) is 305 Å². The first kappa shape index (κ1) is 60.4. The number of rotatable bonds is 49. The Morgan fingerprint density at radius 3 is 0.694 bits per heavy atom. The third-order valence-corrected chi connectivity index (χ3v) is 12.6. The van der Waals surface area contributed by atoms with Crippen LogP contribution in [-0.4, -0.2) is 37.2 Å². The molecule has 0 aromatic heterocycles. The first-order valence-corrected chi connectivity index (χ1v) is 27.6. The molecule has 0 unspecified atom stereocenters. The van der Waals surface area contributed by atoms with Gasteiger partial charge in [-0.1, -0.05) is 266 Å². The highest BCUT2D eigenvalue weighted by molar-refractivity contribution is 5.71.